The molecule has 1 unspecified atom stereocenters. The average Bonchev–Trinajstić information content (AvgIpc) is 3.15. The first-order chi connectivity index (χ1) is 15.6. The SMILES string of the molecule is Cc1cccc(NC(=O)CSC2=Nc3ccccc3C3=NC(=O)C(c4ccccc4)N23)c1. The summed E-state index contributed by atoms with van der Waals surface area (Å²) in [5.74, 6) is 0.368. The molecule has 0 aliphatic carbocycles. The number of benzene rings is 3. The molecular weight excluding hydrogens is 420 g/mol. The minimum atomic E-state index is -0.592. The lowest BCUT2D eigenvalue weighted by Gasteiger charge is -2.31. The van der Waals surface area contributed by atoms with Crippen molar-refractivity contribution in [1.29, 1.82) is 0 Å². The summed E-state index contributed by atoms with van der Waals surface area (Å²) in [5, 5.41) is 3.51. The zero-order chi connectivity index (χ0) is 22.1. The Balaban J connectivity index is 1.43. The van der Waals surface area contributed by atoms with Gasteiger partial charge in [0.1, 0.15) is 11.9 Å². The Morgan fingerprint density at radius 3 is 2.59 bits per heavy atom. The Morgan fingerprint density at radius 2 is 1.78 bits per heavy atom. The van der Waals surface area contributed by atoms with Crippen LogP contribution in [0.1, 0.15) is 22.7 Å². The lowest BCUT2D eigenvalue weighted by molar-refractivity contribution is -0.119. The van der Waals surface area contributed by atoms with E-state index in [9.17, 15) is 9.59 Å². The molecule has 0 spiro atoms. The van der Waals surface area contributed by atoms with Crippen molar-refractivity contribution in [1.82, 2.24) is 4.90 Å². The van der Waals surface area contributed by atoms with E-state index >= 15 is 0 Å². The average molecular weight is 441 g/mol. The van der Waals surface area contributed by atoms with Gasteiger partial charge in [-0.05, 0) is 42.3 Å². The van der Waals surface area contributed by atoms with Gasteiger partial charge in [0.2, 0.25) is 5.91 Å². The second kappa shape index (κ2) is 8.43. The number of thioether (sulfide) groups is 1. The summed E-state index contributed by atoms with van der Waals surface area (Å²) in [6.45, 7) is 1.98. The van der Waals surface area contributed by atoms with Gasteiger partial charge in [0.25, 0.3) is 5.91 Å². The second-order valence-corrected chi connectivity index (χ2v) is 8.52. The molecule has 0 bridgehead atoms. The van der Waals surface area contributed by atoms with Crippen molar-refractivity contribution in [2.45, 2.75) is 13.0 Å². The number of rotatable bonds is 4. The third-order valence-electron chi connectivity index (χ3n) is 5.25. The first-order valence-electron chi connectivity index (χ1n) is 10.2. The minimum absolute atomic E-state index is 0.137. The third-order valence-corrected chi connectivity index (χ3v) is 6.21. The van der Waals surface area contributed by atoms with Crippen LogP contribution in [0.5, 0.6) is 0 Å². The number of carbonyl (C=O) groups excluding carboxylic acids is 2. The zero-order valence-corrected chi connectivity index (χ0v) is 18.2. The van der Waals surface area contributed by atoms with Gasteiger partial charge in [0.05, 0.1) is 11.4 Å². The molecule has 0 saturated heterocycles. The summed E-state index contributed by atoms with van der Waals surface area (Å²) < 4.78 is 0. The summed E-state index contributed by atoms with van der Waals surface area (Å²) >= 11 is 1.30. The molecule has 7 heteroatoms. The summed E-state index contributed by atoms with van der Waals surface area (Å²) in [4.78, 5) is 36.6. The molecule has 2 aliphatic rings. The Bertz CT molecular complexity index is 1270. The molecule has 5 rings (SSSR count). The summed E-state index contributed by atoms with van der Waals surface area (Å²) in [7, 11) is 0. The third kappa shape index (κ3) is 3.83. The highest BCUT2D eigenvalue weighted by molar-refractivity contribution is 8.14. The molecule has 1 N–H and O–H groups in total. The Kier molecular flexibility index (Phi) is 5.33. The van der Waals surface area contributed by atoms with Gasteiger partial charge in [-0.15, -0.1) is 0 Å². The van der Waals surface area contributed by atoms with Gasteiger partial charge in [-0.1, -0.05) is 66.4 Å². The van der Waals surface area contributed by atoms with Gasteiger partial charge in [-0.3, -0.25) is 14.5 Å². The van der Waals surface area contributed by atoms with E-state index in [0.29, 0.717) is 11.0 Å². The molecule has 1 atom stereocenters. The number of hydrogen-bond donors (Lipinski definition) is 1. The fourth-order valence-corrected chi connectivity index (χ4v) is 4.67. The van der Waals surface area contributed by atoms with Crippen LogP contribution < -0.4 is 5.32 Å². The molecule has 0 saturated carbocycles. The van der Waals surface area contributed by atoms with E-state index in [2.05, 4.69) is 10.3 Å². The fourth-order valence-electron chi connectivity index (χ4n) is 3.84. The van der Waals surface area contributed by atoms with Gasteiger partial charge >= 0.3 is 0 Å². The molecule has 2 heterocycles. The molecule has 3 aromatic carbocycles. The van der Waals surface area contributed by atoms with Crippen molar-refractivity contribution < 1.29 is 9.59 Å². The standard InChI is InChI=1S/C25H20N4O2S/c1-16-8-7-11-18(14-16)26-21(30)15-32-25-27-20-13-6-5-12-19(20)23-28-24(31)22(29(23)25)17-9-3-2-4-10-17/h2-14,22H,15H2,1H3,(H,26,30). The molecule has 3 aromatic rings. The molecular formula is C25H20N4O2S. The van der Waals surface area contributed by atoms with Crippen LogP contribution in [0.25, 0.3) is 0 Å². The van der Waals surface area contributed by atoms with Crippen molar-refractivity contribution in [3.63, 3.8) is 0 Å². The highest BCUT2D eigenvalue weighted by Crippen LogP contribution is 2.39. The largest absolute Gasteiger partial charge is 0.325 e. The van der Waals surface area contributed by atoms with Gasteiger partial charge in [0.15, 0.2) is 5.17 Å². The number of aliphatic imine (C=N–C) groups is 2. The smallest absolute Gasteiger partial charge is 0.275 e. The number of para-hydroxylation sites is 1. The second-order valence-electron chi connectivity index (χ2n) is 7.57. The van der Waals surface area contributed by atoms with E-state index in [1.54, 1.807) is 0 Å². The maximum absolute atomic E-state index is 12.9. The van der Waals surface area contributed by atoms with Gasteiger partial charge < -0.3 is 5.32 Å². The number of carbonyl (C=O) groups is 2. The predicted molar refractivity (Wildman–Crippen MR) is 128 cm³/mol. The van der Waals surface area contributed by atoms with Crippen LogP contribution in [0, 0.1) is 6.92 Å². The minimum Gasteiger partial charge on any atom is -0.325 e. The number of amides is 2. The van der Waals surface area contributed by atoms with E-state index < -0.39 is 6.04 Å². The van der Waals surface area contributed by atoms with Crippen LogP contribution in [-0.4, -0.2) is 33.5 Å². The van der Waals surface area contributed by atoms with Gasteiger partial charge in [0, 0.05) is 11.3 Å². The summed E-state index contributed by atoms with van der Waals surface area (Å²) in [6.07, 6.45) is 0. The lowest BCUT2D eigenvalue weighted by Crippen LogP contribution is -2.39. The Morgan fingerprint density at radius 1 is 1.00 bits per heavy atom. The lowest BCUT2D eigenvalue weighted by atomic mass is 10.0. The fraction of sp³-hybridized carbons (Fsp3) is 0.120. The molecule has 2 aliphatic heterocycles. The highest BCUT2D eigenvalue weighted by Gasteiger charge is 2.42. The number of aryl methyl sites for hydroxylation is 1. The maximum atomic E-state index is 12.9. The first kappa shape index (κ1) is 20.2. The highest BCUT2D eigenvalue weighted by atomic mass is 32.2. The number of amidine groups is 2. The van der Waals surface area contributed by atoms with E-state index in [4.69, 9.17) is 4.99 Å². The normalized spacial score (nSPS) is 16.7. The van der Waals surface area contributed by atoms with Crippen LogP contribution in [0.2, 0.25) is 0 Å². The van der Waals surface area contributed by atoms with Crippen molar-refractivity contribution in [2.75, 3.05) is 11.1 Å². The van der Waals surface area contributed by atoms with E-state index in [0.717, 1.165) is 28.1 Å². The van der Waals surface area contributed by atoms with Gasteiger partial charge in [-0.25, -0.2) is 4.99 Å². The van der Waals surface area contributed by atoms with Crippen molar-refractivity contribution in [3.8, 4) is 0 Å². The summed E-state index contributed by atoms with van der Waals surface area (Å²) in [6, 6.07) is 24.2. The van der Waals surface area contributed by atoms with Gasteiger partial charge in [-0.2, -0.15) is 4.99 Å². The van der Waals surface area contributed by atoms with Crippen LogP contribution in [-0.2, 0) is 9.59 Å². The van der Waals surface area contributed by atoms with Crippen molar-refractivity contribution in [2.24, 2.45) is 9.98 Å². The molecule has 6 nitrogen and oxygen atoms in total. The molecule has 32 heavy (non-hydrogen) atoms. The van der Waals surface area contributed by atoms with Crippen LogP contribution in [0.15, 0.2) is 88.8 Å². The zero-order valence-electron chi connectivity index (χ0n) is 17.4. The van der Waals surface area contributed by atoms with Crippen LogP contribution in [0.3, 0.4) is 0 Å². The van der Waals surface area contributed by atoms with Crippen LogP contribution >= 0.6 is 11.8 Å². The van der Waals surface area contributed by atoms with E-state index in [1.165, 1.54) is 11.8 Å². The predicted octanol–water partition coefficient (Wildman–Crippen LogP) is 4.70. The van der Waals surface area contributed by atoms with Crippen LogP contribution in [0.4, 0.5) is 11.4 Å². The van der Waals surface area contributed by atoms with E-state index in [-0.39, 0.29) is 17.6 Å². The number of fused-ring (bicyclic) bond motifs is 3. The molecule has 0 radical (unpaired) electrons. The Labute approximate surface area is 190 Å². The number of hydrogen-bond acceptors (Lipinski definition) is 5. The Hall–Kier alpha value is -3.71. The quantitative estimate of drug-likeness (QED) is 0.638. The molecule has 158 valence electrons. The maximum Gasteiger partial charge on any atom is 0.275 e. The van der Waals surface area contributed by atoms with E-state index in [1.807, 2.05) is 90.7 Å². The number of nitrogens with one attached hydrogen (secondary N) is 1. The number of anilines is 1. The topological polar surface area (TPSA) is 74.1 Å². The summed E-state index contributed by atoms with van der Waals surface area (Å²) in [5.41, 5.74) is 4.23. The monoisotopic (exact) mass is 440 g/mol. The first-order valence-corrected chi connectivity index (χ1v) is 11.2. The van der Waals surface area contributed by atoms with Crippen molar-refractivity contribution in [3.05, 3.63) is 95.6 Å². The molecule has 0 fully saturated rings. The van der Waals surface area contributed by atoms with Crippen molar-refractivity contribution >= 4 is 46.0 Å². The molecule has 0 aromatic heterocycles. The molecule has 2 amide bonds. The number of nitrogens with zero attached hydrogens (tertiary/aromatic N) is 3.